The lowest BCUT2D eigenvalue weighted by Gasteiger charge is -2.12. The van der Waals surface area contributed by atoms with Gasteiger partial charge in [0, 0.05) is 36.0 Å². The van der Waals surface area contributed by atoms with E-state index in [2.05, 4.69) is 20.6 Å². The summed E-state index contributed by atoms with van der Waals surface area (Å²) < 4.78 is 27.8. The van der Waals surface area contributed by atoms with E-state index in [0.29, 0.717) is 28.1 Å². The molecule has 29 heavy (non-hydrogen) atoms. The van der Waals surface area contributed by atoms with Crippen LogP contribution in [0.3, 0.4) is 0 Å². The molecule has 0 radical (unpaired) electrons. The Balaban J connectivity index is 1.72. The molecule has 1 heterocycles. The van der Waals surface area contributed by atoms with E-state index in [1.54, 1.807) is 13.1 Å². The van der Waals surface area contributed by atoms with Crippen molar-refractivity contribution in [2.24, 2.45) is 0 Å². The largest absolute Gasteiger partial charge is 0.365 e. The summed E-state index contributed by atoms with van der Waals surface area (Å²) in [4.78, 5) is 8.50. The van der Waals surface area contributed by atoms with Crippen molar-refractivity contribution in [3.63, 3.8) is 0 Å². The van der Waals surface area contributed by atoms with Gasteiger partial charge in [-0.3, -0.25) is 0 Å². The van der Waals surface area contributed by atoms with Crippen molar-refractivity contribution in [2.75, 3.05) is 10.6 Å². The van der Waals surface area contributed by atoms with Crippen molar-refractivity contribution in [3.8, 4) is 12.1 Å². The number of aryl methyl sites for hydroxylation is 1. The fourth-order valence-corrected chi connectivity index (χ4v) is 2.62. The molecular weight excluding hydrogens is 374 g/mol. The van der Waals surface area contributed by atoms with Crippen molar-refractivity contribution < 1.29 is 8.78 Å². The molecule has 2 N–H and O–H groups in total. The average molecular weight is 390 g/mol. The van der Waals surface area contributed by atoms with E-state index in [1.807, 2.05) is 12.1 Å². The second-order valence-electron chi connectivity index (χ2n) is 6.27. The first-order valence-corrected chi connectivity index (χ1v) is 8.68. The molecule has 8 heteroatoms. The average Bonchev–Trinajstić information content (AvgIpc) is 2.74. The molecule has 0 amide bonds. The lowest BCUT2D eigenvalue weighted by molar-refractivity contribution is 0.612. The van der Waals surface area contributed by atoms with Crippen molar-refractivity contribution in [1.29, 1.82) is 10.5 Å². The van der Waals surface area contributed by atoms with Crippen molar-refractivity contribution in [3.05, 3.63) is 82.0 Å². The number of nitrogens with zero attached hydrogens (tertiary/aromatic N) is 4. The van der Waals surface area contributed by atoms with Gasteiger partial charge < -0.3 is 10.6 Å². The lowest BCUT2D eigenvalue weighted by Crippen LogP contribution is -2.10. The van der Waals surface area contributed by atoms with E-state index in [4.69, 9.17) is 10.5 Å². The number of aromatic nitrogens is 2. The van der Waals surface area contributed by atoms with Gasteiger partial charge >= 0.3 is 0 Å². The highest BCUT2D eigenvalue weighted by molar-refractivity contribution is 5.48. The highest BCUT2D eigenvalue weighted by Crippen LogP contribution is 2.17. The fraction of sp³-hybridized carbons (Fsp3) is 0.143. The topological polar surface area (TPSA) is 97.4 Å². The zero-order valence-corrected chi connectivity index (χ0v) is 15.5. The standard InChI is InChI=1S/C21H16F2N6/c1-13-10-27-21(28-12-17-7-15(9-25)3-5-19(17)23)29-20(13)26-11-16-6-14(8-24)2-4-18(16)22/h2-7,10H,11-12H2,1H3,(H2,26,27,28,29). The Kier molecular flexibility index (Phi) is 5.96. The molecule has 0 aliphatic rings. The predicted octanol–water partition coefficient (Wildman–Crippen LogP) is 4.03. The molecule has 0 bridgehead atoms. The van der Waals surface area contributed by atoms with Crippen LogP contribution in [0.5, 0.6) is 0 Å². The van der Waals surface area contributed by atoms with Crippen molar-refractivity contribution in [1.82, 2.24) is 9.97 Å². The third kappa shape index (κ3) is 4.82. The van der Waals surface area contributed by atoms with Gasteiger partial charge in [0.1, 0.15) is 17.5 Å². The van der Waals surface area contributed by atoms with Crippen LogP contribution in [0.25, 0.3) is 0 Å². The molecule has 144 valence electrons. The highest BCUT2D eigenvalue weighted by Gasteiger charge is 2.09. The van der Waals surface area contributed by atoms with E-state index in [1.165, 1.54) is 36.4 Å². The Bertz CT molecular complexity index is 1130. The quantitative estimate of drug-likeness (QED) is 0.659. The first-order valence-electron chi connectivity index (χ1n) is 8.68. The Morgan fingerprint density at radius 1 is 0.897 bits per heavy atom. The van der Waals surface area contributed by atoms with Crippen LogP contribution in [-0.2, 0) is 13.1 Å². The molecule has 0 fully saturated rings. The van der Waals surface area contributed by atoms with Gasteiger partial charge in [-0.05, 0) is 43.3 Å². The number of halogens is 2. The summed E-state index contributed by atoms with van der Waals surface area (Å²) in [6, 6.07) is 12.2. The number of benzene rings is 2. The Labute approximate surface area is 166 Å². The van der Waals surface area contributed by atoms with Crippen LogP contribution in [-0.4, -0.2) is 9.97 Å². The van der Waals surface area contributed by atoms with Crippen molar-refractivity contribution >= 4 is 11.8 Å². The fourth-order valence-electron chi connectivity index (χ4n) is 2.62. The van der Waals surface area contributed by atoms with E-state index in [9.17, 15) is 8.78 Å². The van der Waals surface area contributed by atoms with Gasteiger partial charge in [0.2, 0.25) is 5.95 Å². The summed E-state index contributed by atoms with van der Waals surface area (Å²) in [5.41, 5.74) is 2.12. The molecular formula is C21H16F2N6. The van der Waals surface area contributed by atoms with E-state index >= 15 is 0 Å². The summed E-state index contributed by atoms with van der Waals surface area (Å²) in [6.07, 6.45) is 1.59. The number of nitriles is 2. The lowest BCUT2D eigenvalue weighted by atomic mass is 10.1. The van der Waals surface area contributed by atoms with Crippen LogP contribution < -0.4 is 10.6 Å². The van der Waals surface area contributed by atoms with E-state index in [-0.39, 0.29) is 19.0 Å². The number of nitrogens with one attached hydrogen (secondary N) is 2. The zero-order valence-electron chi connectivity index (χ0n) is 15.5. The first kappa shape index (κ1) is 19.7. The molecule has 0 unspecified atom stereocenters. The number of hydrogen-bond donors (Lipinski definition) is 2. The monoisotopic (exact) mass is 390 g/mol. The van der Waals surface area contributed by atoms with Gasteiger partial charge in [-0.25, -0.2) is 13.8 Å². The number of hydrogen-bond acceptors (Lipinski definition) is 6. The molecule has 3 aromatic rings. The number of rotatable bonds is 6. The minimum Gasteiger partial charge on any atom is -0.365 e. The Hall–Kier alpha value is -4.04. The van der Waals surface area contributed by atoms with Gasteiger partial charge in [0.15, 0.2) is 0 Å². The first-order chi connectivity index (χ1) is 14.0. The Morgan fingerprint density at radius 2 is 1.45 bits per heavy atom. The molecule has 0 spiro atoms. The zero-order chi connectivity index (χ0) is 20.8. The molecule has 6 nitrogen and oxygen atoms in total. The summed E-state index contributed by atoms with van der Waals surface area (Å²) in [5.74, 6) is -0.120. The highest BCUT2D eigenvalue weighted by atomic mass is 19.1. The Morgan fingerprint density at radius 3 is 2.00 bits per heavy atom. The minimum atomic E-state index is -0.435. The van der Waals surface area contributed by atoms with Crippen LogP contribution in [0.2, 0.25) is 0 Å². The van der Waals surface area contributed by atoms with Gasteiger partial charge in [0.25, 0.3) is 0 Å². The summed E-state index contributed by atoms with van der Waals surface area (Å²) in [5, 5.41) is 23.8. The molecule has 2 aromatic carbocycles. The minimum absolute atomic E-state index is 0.0999. The molecule has 0 aliphatic heterocycles. The normalized spacial score (nSPS) is 10.1. The van der Waals surface area contributed by atoms with Crippen LogP contribution in [0.4, 0.5) is 20.5 Å². The second-order valence-corrected chi connectivity index (χ2v) is 6.27. The van der Waals surface area contributed by atoms with Gasteiger partial charge in [0.05, 0.1) is 23.3 Å². The van der Waals surface area contributed by atoms with Gasteiger partial charge in [-0.1, -0.05) is 0 Å². The van der Waals surface area contributed by atoms with Crippen LogP contribution in [0.15, 0.2) is 42.6 Å². The molecule has 1 aromatic heterocycles. The summed E-state index contributed by atoms with van der Waals surface area (Å²) in [6.45, 7) is 2.03. The molecule has 3 rings (SSSR count). The predicted molar refractivity (Wildman–Crippen MR) is 104 cm³/mol. The maximum absolute atomic E-state index is 13.9. The van der Waals surface area contributed by atoms with Gasteiger partial charge in [-0.15, -0.1) is 0 Å². The van der Waals surface area contributed by atoms with Crippen molar-refractivity contribution in [2.45, 2.75) is 20.0 Å². The molecule has 0 atom stereocenters. The van der Waals surface area contributed by atoms with Crippen LogP contribution in [0.1, 0.15) is 27.8 Å². The van der Waals surface area contributed by atoms with E-state index in [0.717, 1.165) is 5.56 Å². The maximum Gasteiger partial charge on any atom is 0.224 e. The summed E-state index contributed by atoms with van der Waals surface area (Å²) in [7, 11) is 0. The summed E-state index contributed by atoms with van der Waals surface area (Å²) >= 11 is 0. The van der Waals surface area contributed by atoms with Crippen LogP contribution in [0, 0.1) is 41.2 Å². The smallest absolute Gasteiger partial charge is 0.224 e. The third-order valence-corrected chi connectivity index (χ3v) is 4.20. The maximum atomic E-state index is 13.9. The number of anilines is 2. The van der Waals surface area contributed by atoms with E-state index < -0.39 is 11.6 Å². The van der Waals surface area contributed by atoms with Gasteiger partial charge in [-0.2, -0.15) is 15.5 Å². The second kappa shape index (κ2) is 8.77. The molecule has 0 saturated carbocycles. The SMILES string of the molecule is Cc1cnc(NCc2cc(C#N)ccc2F)nc1NCc1cc(C#N)ccc1F. The third-order valence-electron chi connectivity index (χ3n) is 4.20. The molecule has 0 saturated heterocycles. The van der Waals surface area contributed by atoms with Crippen LogP contribution >= 0.6 is 0 Å². The molecule has 0 aliphatic carbocycles.